The maximum atomic E-state index is 5.39. The lowest BCUT2D eigenvalue weighted by Crippen LogP contribution is -2.35. The Morgan fingerprint density at radius 2 is 1.39 bits per heavy atom. The van der Waals surface area contributed by atoms with E-state index in [9.17, 15) is 0 Å². The predicted molar refractivity (Wildman–Crippen MR) is 191 cm³/mol. The van der Waals surface area contributed by atoms with E-state index in [2.05, 4.69) is 158 Å². The summed E-state index contributed by atoms with van der Waals surface area (Å²) >= 11 is 1.84. The molecule has 0 N–H and O–H groups in total. The number of hydrogen-bond acceptors (Lipinski definition) is 3. The number of aromatic nitrogens is 2. The molecule has 1 aromatic heterocycles. The van der Waals surface area contributed by atoms with Crippen molar-refractivity contribution in [3.63, 3.8) is 0 Å². The largest absolute Gasteiger partial charge is 0.228 e. The van der Waals surface area contributed by atoms with Crippen LogP contribution in [-0.4, -0.2) is 9.97 Å². The highest BCUT2D eigenvalue weighted by atomic mass is 32.2. The van der Waals surface area contributed by atoms with Gasteiger partial charge in [-0.1, -0.05) is 151 Å². The summed E-state index contributed by atoms with van der Waals surface area (Å²) in [5, 5.41) is 3.48. The first-order chi connectivity index (χ1) is 22.8. The molecule has 1 aliphatic carbocycles. The summed E-state index contributed by atoms with van der Waals surface area (Å²) in [4.78, 5) is 13.1. The van der Waals surface area contributed by atoms with Gasteiger partial charge in [0.15, 0.2) is 5.82 Å². The van der Waals surface area contributed by atoms with Crippen molar-refractivity contribution in [2.75, 3.05) is 0 Å². The number of allylic oxidation sites excluding steroid dienone is 4. The van der Waals surface area contributed by atoms with Gasteiger partial charge in [-0.05, 0) is 64.1 Å². The first kappa shape index (κ1) is 27.1. The quantitative estimate of drug-likeness (QED) is 0.199. The molecular weight excluding hydrogens is 577 g/mol. The minimum Gasteiger partial charge on any atom is -0.228 e. The summed E-state index contributed by atoms with van der Waals surface area (Å²) in [6.45, 7) is 0. The zero-order valence-electron chi connectivity index (χ0n) is 25.2. The van der Waals surface area contributed by atoms with E-state index in [0.717, 1.165) is 46.4 Å². The Balaban J connectivity index is 1.33. The number of nitrogens with zero attached hydrogens (tertiary/aromatic N) is 2. The number of hydrogen-bond donors (Lipinski definition) is 0. The Labute approximate surface area is 273 Å². The Bertz CT molecular complexity index is 2350. The molecule has 0 bridgehead atoms. The third-order valence-corrected chi connectivity index (χ3v) is 10.6. The maximum Gasteiger partial charge on any atom is 0.161 e. The van der Waals surface area contributed by atoms with Gasteiger partial charge in [0, 0.05) is 26.3 Å². The third kappa shape index (κ3) is 4.19. The average molecular weight is 607 g/mol. The van der Waals surface area contributed by atoms with Gasteiger partial charge >= 0.3 is 0 Å². The van der Waals surface area contributed by atoms with E-state index in [0.29, 0.717) is 0 Å². The molecule has 218 valence electrons. The van der Waals surface area contributed by atoms with Crippen LogP contribution in [0.4, 0.5) is 0 Å². The molecule has 46 heavy (non-hydrogen) atoms. The molecule has 2 aliphatic rings. The van der Waals surface area contributed by atoms with Gasteiger partial charge in [0.2, 0.25) is 0 Å². The van der Waals surface area contributed by atoms with E-state index in [-0.39, 0.29) is 0 Å². The monoisotopic (exact) mass is 606 g/mol. The highest BCUT2D eigenvalue weighted by Crippen LogP contribution is 2.58. The summed E-state index contributed by atoms with van der Waals surface area (Å²) in [5.41, 5.74) is 8.81. The van der Waals surface area contributed by atoms with Gasteiger partial charge in [0.25, 0.3) is 0 Å². The van der Waals surface area contributed by atoms with E-state index in [4.69, 9.17) is 9.97 Å². The van der Waals surface area contributed by atoms with Crippen LogP contribution in [0.5, 0.6) is 0 Å². The lowest BCUT2D eigenvalue weighted by atomic mass is 9.63. The van der Waals surface area contributed by atoms with Crippen molar-refractivity contribution in [1.29, 1.82) is 0 Å². The fourth-order valence-corrected chi connectivity index (χ4v) is 8.66. The van der Waals surface area contributed by atoms with Crippen LogP contribution in [0.2, 0.25) is 0 Å². The van der Waals surface area contributed by atoms with Crippen LogP contribution in [-0.2, 0) is 5.41 Å². The molecule has 1 aliphatic heterocycles. The molecular formula is C43H30N2S. The molecule has 0 spiro atoms. The van der Waals surface area contributed by atoms with Gasteiger partial charge in [-0.3, -0.25) is 0 Å². The summed E-state index contributed by atoms with van der Waals surface area (Å²) in [7, 11) is 0. The molecule has 3 heteroatoms. The van der Waals surface area contributed by atoms with Gasteiger partial charge in [0.05, 0.1) is 16.6 Å². The molecule has 0 saturated heterocycles. The molecule has 0 radical (unpaired) electrons. The third-order valence-electron chi connectivity index (χ3n) is 9.42. The SMILES string of the molecule is C1=CC(C2(c3ccccc3)c3ccccc3Sc3c(-c4nc(-c5ccc6ccccc6c5)c5ccccc5n4)cccc32)=CCC1. The molecule has 1 unspecified atom stereocenters. The molecule has 9 rings (SSSR count). The fraction of sp³-hybridized carbons (Fsp3) is 0.0698. The lowest BCUT2D eigenvalue weighted by Gasteiger charge is -2.43. The van der Waals surface area contributed by atoms with Crippen molar-refractivity contribution >= 4 is 33.4 Å². The van der Waals surface area contributed by atoms with Crippen LogP contribution in [0.1, 0.15) is 29.5 Å². The summed E-state index contributed by atoms with van der Waals surface area (Å²) < 4.78 is 0. The highest BCUT2D eigenvalue weighted by molar-refractivity contribution is 7.99. The van der Waals surface area contributed by atoms with Crippen LogP contribution in [0, 0.1) is 0 Å². The second-order valence-corrected chi connectivity index (χ2v) is 13.1. The van der Waals surface area contributed by atoms with Gasteiger partial charge in [-0.15, -0.1) is 0 Å². The molecule has 0 saturated carbocycles. The summed E-state index contributed by atoms with van der Waals surface area (Å²) in [6, 6.07) is 50.2. The van der Waals surface area contributed by atoms with Crippen molar-refractivity contribution < 1.29 is 0 Å². The van der Waals surface area contributed by atoms with Crippen LogP contribution in [0.15, 0.2) is 173 Å². The topological polar surface area (TPSA) is 25.8 Å². The van der Waals surface area contributed by atoms with Crippen molar-refractivity contribution in [3.05, 3.63) is 180 Å². The van der Waals surface area contributed by atoms with E-state index in [1.165, 1.54) is 42.8 Å². The first-order valence-electron chi connectivity index (χ1n) is 15.9. The van der Waals surface area contributed by atoms with Crippen LogP contribution in [0.25, 0.3) is 44.3 Å². The minimum atomic E-state index is -0.455. The van der Waals surface area contributed by atoms with Crippen molar-refractivity contribution in [2.24, 2.45) is 0 Å². The van der Waals surface area contributed by atoms with E-state index in [1.807, 2.05) is 11.8 Å². The van der Waals surface area contributed by atoms with Crippen LogP contribution < -0.4 is 0 Å². The maximum absolute atomic E-state index is 5.39. The molecule has 6 aromatic carbocycles. The number of para-hydroxylation sites is 1. The van der Waals surface area contributed by atoms with Crippen LogP contribution >= 0.6 is 11.8 Å². The van der Waals surface area contributed by atoms with Crippen molar-refractivity contribution in [3.8, 4) is 22.6 Å². The second-order valence-electron chi connectivity index (χ2n) is 12.0. The lowest BCUT2D eigenvalue weighted by molar-refractivity contribution is 0.692. The Morgan fingerprint density at radius 1 is 0.609 bits per heavy atom. The van der Waals surface area contributed by atoms with Gasteiger partial charge in [0.1, 0.15) is 0 Å². The zero-order chi connectivity index (χ0) is 30.5. The average Bonchev–Trinajstić information content (AvgIpc) is 3.13. The van der Waals surface area contributed by atoms with Crippen LogP contribution in [0.3, 0.4) is 0 Å². The number of benzene rings is 6. The Kier molecular flexibility index (Phi) is 6.46. The van der Waals surface area contributed by atoms with E-state index in [1.54, 1.807) is 0 Å². The number of fused-ring (bicyclic) bond motifs is 4. The Morgan fingerprint density at radius 3 is 2.28 bits per heavy atom. The van der Waals surface area contributed by atoms with Gasteiger partial charge in [-0.25, -0.2) is 9.97 Å². The van der Waals surface area contributed by atoms with E-state index < -0.39 is 5.41 Å². The predicted octanol–water partition coefficient (Wildman–Crippen LogP) is 11.2. The minimum absolute atomic E-state index is 0.455. The fourth-order valence-electron chi connectivity index (χ4n) is 7.36. The summed E-state index contributed by atoms with van der Waals surface area (Å²) in [6.07, 6.45) is 9.23. The van der Waals surface area contributed by atoms with Gasteiger partial charge in [-0.2, -0.15) is 0 Å². The molecule has 2 heterocycles. The standard InChI is InChI=1S/C43H30N2S/c1-3-16-32(17-4-1)43(33-18-5-2-6-19-33)36-22-10-12-25-39(36)46-41-35(21-13-23-37(41)43)42-44-38-24-11-9-20-34(38)40(45-42)31-27-26-29-14-7-8-15-30(29)28-31/h1,3-5,7-28H,2,6H2. The Hall–Kier alpha value is -5.25. The second kappa shape index (κ2) is 11.0. The molecule has 0 amide bonds. The molecule has 7 aromatic rings. The summed E-state index contributed by atoms with van der Waals surface area (Å²) in [5.74, 6) is 0.751. The smallest absolute Gasteiger partial charge is 0.161 e. The van der Waals surface area contributed by atoms with Crippen molar-refractivity contribution in [2.45, 2.75) is 28.0 Å². The van der Waals surface area contributed by atoms with Gasteiger partial charge < -0.3 is 0 Å². The normalized spacial score (nSPS) is 17.0. The number of rotatable bonds is 4. The molecule has 2 nitrogen and oxygen atoms in total. The first-order valence-corrected chi connectivity index (χ1v) is 16.7. The highest BCUT2D eigenvalue weighted by Gasteiger charge is 2.45. The molecule has 1 atom stereocenters. The molecule has 0 fully saturated rings. The van der Waals surface area contributed by atoms with Crippen molar-refractivity contribution in [1.82, 2.24) is 9.97 Å². The zero-order valence-corrected chi connectivity index (χ0v) is 26.0. The van der Waals surface area contributed by atoms with E-state index >= 15 is 0 Å².